The summed E-state index contributed by atoms with van der Waals surface area (Å²) in [5.41, 5.74) is 3.38. The van der Waals surface area contributed by atoms with Gasteiger partial charge in [-0.3, -0.25) is 19.6 Å². The number of rotatable bonds is 8. The highest BCUT2D eigenvalue weighted by atomic mass is 16.5. The third kappa shape index (κ3) is 6.25. The van der Waals surface area contributed by atoms with Crippen LogP contribution in [0.15, 0.2) is 60.7 Å². The van der Waals surface area contributed by atoms with Crippen molar-refractivity contribution in [3.63, 3.8) is 0 Å². The van der Waals surface area contributed by atoms with Gasteiger partial charge in [0.05, 0.1) is 12.3 Å². The summed E-state index contributed by atoms with van der Waals surface area (Å²) in [4.78, 5) is 29.6. The van der Waals surface area contributed by atoms with E-state index in [0.717, 1.165) is 61.2 Å². The fourth-order valence-corrected chi connectivity index (χ4v) is 5.36. The fourth-order valence-electron chi connectivity index (χ4n) is 5.36. The molecule has 2 aliphatic rings. The minimum Gasteiger partial charge on any atom is -0.490 e. The minimum atomic E-state index is -0.172. The van der Waals surface area contributed by atoms with Crippen LogP contribution in [0.25, 0.3) is 11.3 Å². The molecule has 0 unspecified atom stereocenters. The minimum absolute atomic E-state index is 0.0298. The standard InChI is InChI=1S/C30H36N4O4/c1-2-37-30(36)28-13-6-7-16-34(28)21-22-9-8-12-25(19-22)38-24-14-17-33(18-15-24)29(35)27-20-26(31-32-27)23-10-4-3-5-11-23/h3-5,8-12,19-20,24,28H,2,6-7,13-18,21H2,1H3,(H,31,32)/t28-/m1/s1. The van der Waals surface area contributed by atoms with Gasteiger partial charge in [-0.1, -0.05) is 48.9 Å². The number of benzene rings is 2. The number of aromatic amines is 1. The number of amides is 1. The lowest BCUT2D eigenvalue weighted by Gasteiger charge is -2.34. The van der Waals surface area contributed by atoms with Crippen molar-refractivity contribution in [1.29, 1.82) is 0 Å². The molecule has 1 N–H and O–H groups in total. The van der Waals surface area contributed by atoms with E-state index in [1.165, 1.54) is 0 Å². The second kappa shape index (κ2) is 12.3. The van der Waals surface area contributed by atoms with Crippen LogP contribution in [0, 0.1) is 0 Å². The molecular weight excluding hydrogens is 480 g/mol. The smallest absolute Gasteiger partial charge is 0.323 e. The molecule has 2 aromatic carbocycles. The predicted octanol–water partition coefficient (Wildman–Crippen LogP) is 4.68. The van der Waals surface area contributed by atoms with E-state index in [1.807, 2.05) is 60.4 Å². The number of likely N-dealkylation sites (tertiary alicyclic amines) is 2. The molecule has 0 bridgehead atoms. The fraction of sp³-hybridized carbons (Fsp3) is 0.433. The monoisotopic (exact) mass is 516 g/mol. The van der Waals surface area contributed by atoms with E-state index in [1.54, 1.807) is 0 Å². The van der Waals surface area contributed by atoms with Crippen molar-refractivity contribution in [2.45, 2.75) is 57.7 Å². The zero-order chi connectivity index (χ0) is 26.3. The Morgan fingerprint density at radius 1 is 0.974 bits per heavy atom. The number of carbonyl (C=O) groups is 2. The van der Waals surface area contributed by atoms with Crippen LogP contribution >= 0.6 is 0 Å². The highest BCUT2D eigenvalue weighted by Crippen LogP contribution is 2.25. The van der Waals surface area contributed by atoms with Crippen LogP contribution in [-0.4, -0.2) is 70.3 Å². The Morgan fingerprint density at radius 3 is 2.58 bits per heavy atom. The van der Waals surface area contributed by atoms with Gasteiger partial charge in [-0.25, -0.2) is 0 Å². The molecule has 2 fully saturated rings. The number of nitrogens with one attached hydrogen (secondary N) is 1. The van der Waals surface area contributed by atoms with E-state index in [9.17, 15) is 9.59 Å². The van der Waals surface area contributed by atoms with Crippen LogP contribution in [0.4, 0.5) is 0 Å². The van der Waals surface area contributed by atoms with Crippen molar-refractivity contribution >= 4 is 11.9 Å². The van der Waals surface area contributed by atoms with Crippen LogP contribution in [0.5, 0.6) is 5.75 Å². The Kier molecular flexibility index (Phi) is 8.38. The molecule has 3 aromatic rings. The maximum atomic E-state index is 13.0. The van der Waals surface area contributed by atoms with E-state index < -0.39 is 0 Å². The Balaban J connectivity index is 1.14. The van der Waals surface area contributed by atoms with Gasteiger partial charge in [0.2, 0.25) is 0 Å². The summed E-state index contributed by atoms with van der Waals surface area (Å²) in [6, 6.07) is 19.6. The first-order chi connectivity index (χ1) is 18.6. The summed E-state index contributed by atoms with van der Waals surface area (Å²) in [7, 11) is 0. The lowest BCUT2D eigenvalue weighted by molar-refractivity contribution is -0.151. The number of hydrogen-bond acceptors (Lipinski definition) is 6. The molecule has 0 aliphatic carbocycles. The Bertz CT molecular complexity index is 1220. The van der Waals surface area contributed by atoms with Gasteiger partial charge in [0.25, 0.3) is 5.91 Å². The molecule has 2 aliphatic heterocycles. The molecule has 1 amide bonds. The van der Waals surface area contributed by atoms with Crippen molar-refractivity contribution in [3.05, 3.63) is 71.9 Å². The molecule has 1 atom stereocenters. The highest BCUT2D eigenvalue weighted by molar-refractivity contribution is 5.93. The third-order valence-corrected chi connectivity index (χ3v) is 7.37. The van der Waals surface area contributed by atoms with Crippen molar-refractivity contribution in [1.82, 2.24) is 20.0 Å². The van der Waals surface area contributed by atoms with Gasteiger partial charge in [-0.05, 0) is 50.1 Å². The summed E-state index contributed by atoms with van der Waals surface area (Å²) in [6.45, 7) is 5.13. The highest BCUT2D eigenvalue weighted by Gasteiger charge is 2.30. The zero-order valence-corrected chi connectivity index (χ0v) is 22.0. The number of hydrogen-bond donors (Lipinski definition) is 1. The number of nitrogens with zero attached hydrogens (tertiary/aromatic N) is 3. The lowest BCUT2D eigenvalue weighted by atomic mass is 10.0. The first kappa shape index (κ1) is 26.0. The number of aromatic nitrogens is 2. The van der Waals surface area contributed by atoms with Gasteiger partial charge in [0, 0.05) is 38.0 Å². The van der Waals surface area contributed by atoms with Crippen LogP contribution in [0.1, 0.15) is 55.1 Å². The van der Waals surface area contributed by atoms with Crippen LogP contribution in [0.3, 0.4) is 0 Å². The van der Waals surface area contributed by atoms with Gasteiger partial charge in [0.15, 0.2) is 0 Å². The maximum Gasteiger partial charge on any atom is 0.323 e. The predicted molar refractivity (Wildman–Crippen MR) is 145 cm³/mol. The zero-order valence-electron chi connectivity index (χ0n) is 22.0. The molecule has 5 rings (SSSR count). The number of H-pyrrole nitrogens is 1. The summed E-state index contributed by atoms with van der Waals surface area (Å²) < 4.78 is 11.6. The average Bonchev–Trinajstić information content (AvgIpc) is 3.45. The quantitative estimate of drug-likeness (QED) is 0.438. The topological polar surface area (TPSA) is 87.8 Å². The molecule has 200 valence electrons. The van der Waals surface area contributed by atoms with Gasteiger partial charge >= 0.3 is 5.97 Å². The van der Waals surface area contributed by atoms with Gasteiger partial charge in [0.1, 0.15) is 23.6 Å². The molecule has 2 saturated heterocycles. The molecule has 8 nitrogen and oxygen atoms in total. The summed E-state index contributed by atoms with van der Waals surface area (Å²) in [5.74, 6) is 0.684. The summed E-state index contributed by atoms with van der Waals surface area (Å²) in [6.07, 6.45) is 4.59. The van der Waals surface area contributed by atoms with E-state index >= 15 is 0 Å². The van der Waals surface area contributed by atoms with Crippen molar-refractivity contribution in [2.75, 3.05) is 26.2 Å². The number of carbonyl (C=O) groups excluding carboxylic acids is 2. The molecular formula is C30H36N4O4. The molecule has 0 spiro atoms. The summed E-state index contributed by atoms with van der Waals surface area (Å²) >= 11 is 0. The third-order valence-electron chi connectivity index (χ3n) is 7.37. The molecule has 8 heteroatoms. The van der Waals surface area contributed by atoms with E-state index in [4.69, 9.17) is 9.47 Å². The maximum absolute atomic E-state index is 13.0. The Morgan fingerprint density at radius 2 is 1.79 bits per heavy atom. The van der Waals surface area contributed by atoms with Gasteiger partial charge < -0.3 is 14.4 Å². The number of esters is 1. The SMILES string of the molecule is CCOC(=O)[C@H]1CCCCN1Cc1cccc(OC2CCN(C(=O)c3cc(-c4ccccc4)n[nH]3)CC2)c1. The number of ether oxygens (including phenoxy) is 2. The van der Waals surface area contributed by atoms with Crippen LogP contribution in [-0.2, 0) is 16.1 Å². The van der Waals surface area contributed by atoms with Crippen molar-refractivity contribution in [3.8, 4) is 17.0 Å². The van der Waals surface area contributed by atoms with E-state index in [0.29, 0.717) is 31.9 Å². The van der Waals surface area contributed by atoms with Gasteiger partial charge in [-0.2, -0.15) is 5.10 Å². The van der Waals surface area contributed by atoms with Gasteiger partial charge in [-0.15, -0.1) is 0 Å². The second-order valence-electron chi connectivity index (χ2n) is 10.0. The van der Waals surface area contributed by atoms with Crippen molar-refractivity contribution < 1.29 is 19.1 Å². The molecule has 0 radical (unpaired) electrons. The molecule has 3 heterocycles. The second-order valence-corrected chi connectivity index (χ2v) is 10.0. The first-order valence-electron chi connectivity index (χ1n) is 13.7. The lowest BCUT2D eigenvalue weighted by Crippen LogP contribution is -2.44. The Labute approximate surface area is 223 Å². The van der Waals surface area contributed by atoms with Crippen LogP contribution < -0.4 is 4.74 Å². The largest absolute Gasteiger partial charge is 0.490 e. The molecule has 38 heavy (non-hydrogen) atoms. The number of piperidine rings is 2. The summed E-state index contributed by atoms with van der Waals surface area (Å²) in [5, 5.41) is 7.22. The molecule has 0 saturated carbocycles. The Hall–Kier alpha value is -3.65. The van der Waals surface area contributed by atoms with Crippen LogP contribution in [0.2, 0.25) is 0 Å². The van der Waals surface area contributed by atoms with Crippen molar-refractivity contribution in [2.24, 2.45) is 0 Å². The van der Waals surface area contributed by atoms with E-state index in [2.05, 4.69) is 27.2 Å². The molecule has 1 aromatic heterocycles. The average molecular weight is 517 g/mol. The normalized spacial score (nSPS) is 18.8. The van der Waals surface area contributed by atoms with E-state index in [-0.39, 0.29) is 24.0 Å². The first-order valence-corrected chi connectivity index (χ1v) is 13.7.